The molecule has 0 aromatic rings. The lowest BCUT2D eigenvalue weighted by Gasteiger charge is -2.49. The van der Waals surface area contributed by atoms with Crippen molar-refractivity contribution in [3.63, 3.8) is 0 Å². The van der Waals surface area contributed by atoms with Gasteiger partial charge in [-0.25, -0.2) is 0 Å². The quantitative estimate of drug-likeness (QED) is 0.828. The van der Waals surface area contributed by atoms with Crippen molar-refractivity contribution in [3.8, 4) is 0 Å². The summed E-state index contributed by atoms with van der Waals surface area (Å²) in [5.41, 5.74) is 0.932. The van der Waals surface area contributed by atoms with Gasteiger partial charge in [0.1, 0.15) is 0 Å². The Bertz CT molecular complexity index is 283. The van der Waals surface area contributed by atoms with Gasteiger partial charge in [-0.1, -0.05) is 20.8 Å². The van der Waals surface area contributed by atoms with Crippen LogP contribution in [0.1, 0.15) is 66.7 Å². The molecular formula is C16H32N2. The van der Waals surface area contributed by atoms with E-state index in [1.807, 2.05) is 0 Å². The second-order valence-electron chi connectivity index (χ2n) is 7.75. The summed E-state index contributed by atoms with van der Waals surface area (Å²) in [4.78, 5) is 2.81. The number of nitrogens with one attached hydrogen (secondary N) is 1. The molecule has 1 saturated heterocycles. The van der Waals surface area contributed by atoms with Gasteiger partial charge in [0.05, 0.1) is 0 Å². The molecule has 2 atom stereocenters. The van der Waals surface area contributed by atoms with E-state index in [-0.39, 0.29) is 0 Å². The molecule has 2 rings (SSSR count). The summed E-state index contributed by atoms with van der Waals surface area (Å²) in [7, 11) is 0. The molecule has 0 radical (unpaired) electrons. The van der Waals surface area contributed by atoms with E-state index >= 15 is 0 Å². The molecule has 0 aromatic carbocycles. The Balaban J connectivity index is 2.14. The van der Waals surface area contributed by atoms with E-state index in [9.17, 15) is 0 Å². The summed E-state index contributed by atoms with van der Waals surface area (Å²) in [6.45, 7) is 14.4. The topological polar surface area (TPSA) is 15.3 Å². The largest absolute Gasteiger partial charge is 0.313 e. The van der Waals surface area contributed by atoms with Gasteiger partial charge in [-0.3, -0.25) is 4.90 Å². The van der Waals surface area contributed by atoms with E-state index in [1.165, 1.54) is 38.6 Å². The summed E-state index contributed by atoms with van der Waals surface area (Å²) >= 11 is 0. The third-order valence-electron chi connectivity index (χ3n) is 5.19. The predicted octanol–water partition coefficient (Wildman–Crippen LogP) is 3.42. The minimum absolute atomic E-state index is 0.408. The highest BCUT2D eigenvalue weighted by Gasteiger charge is 2.44. The Kier molecular flexibility index (Phi) is 4.08. The zero-order valence-corrected chi connectivity index (χ0v) is 13.1. The van der Waals surface area contributed by atoms with Crippen LogP contribution in [0.15, 0.2) is 0 Å². The summed E-state index contributed by atoms with van der Waals surface area (Å²) in [6, 6.07) is 1.45. The van der Waals surface area contributed by atoms with Crippen molar-refractivity contribution in [2.45, 2.75) is 84.3 Å². The van der Waals surface area contributed by atoms with Gasteiger partial charge >= 0.3 is 0 Å². The molecule has 1 aliphatic carbocycles. The van der Waals surface area contributed by atoms with Gasteiger partial charge in [-0.2, -0.15) is 0 Å². The maximum atomic E-state index is 3.75. The summed E-state index contributed by atoms with van der Waals surface area (Å²) in [5, 5.41) is 3.75. The third-order valence-corrected chi connectivity index (χ3v) is 5.19. The first-order chi connectivity index (χ1) is 8.36. The molecule has 0 spiro atoms. The van der Waals surface area contributed by atoms with E-state index < -0.39 is 0 Å². The standard InChI is InChI=1S/C16H32N2/c1-6-17-13-8-10-15(2,3)12-14(13)18-11-7-9-16(18,4)5/h13-14,17H,6-12H2,1-5H3. The molecule has 2 fully saturated rings. The van der Waals surface area contributed by atoms with Gasteiger partial charge in [0.25, 0.3) is 0 Å². The Morgan fingerprint density at radius 1 is 1.17 bits per heavy atom. The van der Waals surface area contributed by atoms with Crippen molar-refractivity contribution in [2.24, 2.45) is 5.41 Å². The molecule has 0 aromatic heterocycles. The molecule has 2 nitrogen and oxygen atoms in total. The normalized spacial score (nSPS) is 35.8. The van der Waals surface area contributed by atoms with Crippen molar-refractivity contribution in [1.82, 2.24) is 10.2 Å². The lowest BCUT2D eigenvalue weighted by atomic mass is 9.72. The molecule has 0 amide bonds. The van der Waals surface area contributed by atoms with E-state index in [4.69, 9.17) is 0 Å². The van der Waals surface area contributed by atoms with Crippen LogP contribution in [-0.2, 0) is 0 Å². The average molecular weight is 252 g/mol. The SMILES string of the molecule is CCNC1CCC(C)(C)CC1N1CCCC1(C)C. The number of hydrogen-bond acceptors (Lipinski definition) is 2. The molecule has 1 saturated carbocycles. The second kappa shape index (κ2) is 5.13. The lowest BCUT2D eigenvalue weighted by Crippen LogP contribution is -2.58. The van der Waals surface area contributed by atoms with Crippen molar-refractivity contribution in [2.75, 3.05) is 13.1 Å². The van der Waals surface area contributed by atoms with Gasteiger partial charge in [0.2, 0.25) is 0 Å². The van der Waals surface area contributed by atoms with Gasteiger partial charge in [0.15, 0.2) is 0 Å². The van der Waals surface area contributed by atoms with Crippen LogP contribution >= 0.6 is 0 Å². The first kappa shape index (κ1) is 14.3. The smallest absolute Gasteiger partial charge is 0.0259 e. The van der Waals surface area contributed by atoms with Crippen LogP contribution in [-0.4, -0.2) is 35.6 Å². The minimum atomic E-state index is 0.408. The van der Waals surface area contributed by atoms with Crippen LogP contribution in [0.2, 0.25) is 0 Å². The Hall–Kier alpha value is -0.0800. The minimum Gasteiger partial charge on any atom is -0.313 e. The van der Waals surface area contributed by atoms with Crippen LogP contribution in [0.25, 0.3) is 0 Å². The summed E-state index contributed by atoms with van der Waals surface area (Å²) in [6.07, 6.45) is 6.81. The van der Waals surface area contributed by atoms with Crippen molar-refractivity contribution in [3.05, 3.63) is 0 Å². The van der Waals surface area contributed by atoms with Gasteiger partial charge < -0.3 is 5.32 Å². The number of likely N-dealkylation sites (tertiary alicyclic amines) is 1. The van der Waals surface area contributed by atoms with E-state index in [0.29, 0.717) is 17.0 Å². The van der Waals surface area contributed by atoms with Crippen molar-refractivity contribution < 1.29 is 0 Å². The Morgan fingerprint density at radius 2 is 1.89 bits per heavy atom. The molecule has 0 bridgehead atoms. The molecule has 2 aliphatic rings. The number of rotatable bonds is 3. The highest BCUT2D eigenvalue weighted by atomic mass is 15.3. The zero-order chi connectivity index (χ0) is 13.4. The summed E-state index contributed by atoms with van der Waals surface area (Å²) < 4.78 is 0. The number of hydrogen-bond donors (Lipinski definition) is 1. The van der Waals surface area contributed by atoms with Gasteiger partial charge in [-0.15, -0.1) is 0 Å². The maximum Gasteiger partial charge on any atom is 0.0259 e. The highest BCUT2D eigenvalue weighted by molar-refractivity contribution is 5.00. The van der Waals surface area contributed by atoms with Crippen LogP contribution in [0.3, 0.4) is 0 Å². The lowest BCUT2D eigenvalue weighted by molar-refractivity contribution is 0.0274. The van der Waals surface area contributed by atoms with E-state index in [2.05, 4.69) is 44.8 Å². The molecule has 106 valence electrons. The van der Waals surface area contributed by atoms with Crippen molar-refractivity contribution >= 4 is 0 Å². The fraction of sp³-hybridized carbons (Fsp3) is 1.00. The average Bonchev–Trinajstić information content (AvgIpc) is 2.61. The van der Waals surface area contributed by atoms with Crippen LogP contribution in [0.5, 0.6) is 0 Å². The Morgan fingerprint density at radius 3 is 2.44 bits per heavy atom. The molecule has 1 heterocycles. The fourth-order valence-corrected chi connectivity index (χ4v) is 4.12. The van der Waals surface area contributed by atoms with E-state index in [1.54, 1.807) is 0 Å². The highest BCUT2D eigenvalue weighted by Crippen LogP contribution is 2.42. The molecule has 18 heavy (non-hydrogen) atoms. The monoisotopic (exact) mass is 252 g/mol. The Labute approximate surface area is 114 Å². The molecule has 2 unspecified atom stereocenters. The van der Waals surface area contributed by atoms with Crippen molar-refractivity contribution in [1.29, 1.82) is 0 Å². The number of nitrogens with zero attached hydrogens (tertiary/aromatic N) is 1. The first-order valence-corrected chi connectivity index (χ1v) is 7.86. The first-order valence-electron chi connectivity index (χ1n) is 7.86. The molecular weight excluding hydrogens is 220 g/mol. The maximum absolute atomic E-state index is 3.75. The molecule has 2 heteroatoms. The zero-order valence-electron chi connectivity index (χ0n) is 13.1. The van der Waals surface area contributed by atoms with Gasteiger partial charge in [-0.05, 0) is 64.5 Å². The van der Waals surface area contributed by atoms with Gasteiger partial charge in [0, 0.05) is 17.6 Å². The predicted molar refractivity (Wildman–Crippen MR) is 78.9 cm³/mol. The summed E-state index contributed by atoms with van der Waals surface area (Å²) in [5.74, 6) is 0. The van der Waals surface area contributed by atoms with Crippen LogP contribution in [0.4, 0.5) is 0 Å². The second-order valence-corrected chi connectivity index (χ2v) is 7.75. The van der Waals surface area contributed by atoms with Crippen LogP contribution in [0, 0.1) is 5.41 Å². The van der Waals surface area contributed by atoms with E-state index in [0.717, 1.165) is 12.6 Å². The fourth-order valence-electron chi connectivity index (χ4n) is 4.12. The molecule has 1 N–H and O–H groups in total. The molecule has 1 aliphatic heterocycles. The number of likely N-dealkylation sites (N-methyl/N-ethyl adjacent to an activating group) is 1. The van der Waals surface area contributed by atoms with Crippen LogP contribution < -0.4 is 5.32 Å². The third kappa shape index (κ3) is 2.91.